The average molecular weight is 419 g/mol. The second kappa shape index (κ2) is 9.16. The fourth-order valence-electron chi connectivity index (χ4n) is 3.65. The van der Waals surface area contributed by atoms with Gasteiger partial charge in [0.15, 0.2) is 0 Å². The van der Waals surface area contributed by atoms with E-state index in [1.807, 2.05) is 0 Å². The second-order valence-corrected chi connectivity index (χ2v) is 12.7. The Morgan fingerprint density at radius 2 is 1.36 bits per heavy atom. The molecule has 0 N–H and O–H groups in total. The molecular weight excluding hydrogens is 388 g/mol. The molecule has 0 spiro atoms. The van der Waals surface area contributed by atoms with E-state index in [2.05, 4.69) is 104 Å². The summed E-state index contributed by atoms with van der Waals surface area (Å²) in [7, 11) is -2.41. The predicted octanol–water partition coefficient (Wildman–Crippen LogP) is 5.52. The Hall–Kier alpha value is -0.903. The summed E-state index contributed by atoms with van der Waals surface area (Å²) in [6, 6.07) is 21.8. The van der Waals surface area contributed by atoms with Gasteiger partial charge in [0.2, 0.25) is 0 Å². The highest BCUT2D eigenvalue weighted by Gasteiger charge is 2.51. The number of halogens is 1. The van der Waals surface area contributed by atoms with Crippen molar-refractivity contribution < 1.29 is 4.43 Å². The van der Waals surface area contributed by atoms with E-state index >= 15 is 0 Å². The fraction of sp³-hybridized carbons (Fsp3) is 0.455. The van der Waals surface area contributed by atoms with E-state index in [1.165, 1.54) is 10.4 Å². The van der Waals surface area contributed by atoms with Crippen LogP contribution < -0.4 is 10.4 Å². The number of hydrogen-bond donors (Lipinski definition) is 0. The Balaban J connectivity index is 2.63. The highest BCUT2D eigenvalue weighted by atomic mass is 79.9. The maximum atomic E-state index is 7.16. The second-order valence-electron chi connectivity index (χ2n) is 7.67. The van der Waals surface area contributed by atoms with Gasteiger partial charge in [0.1, 0.15) is 0 Å². The van der Waals surface area contributed by atoms with Gasteiger partial charge in [0.25, 0.3) is 8.32 Å². The summed E-state index contributed by atoms with van der Waals surface area (Å²) in [5.41, 5.74) is 0. The Kier molecular flexibility index (Phi) is 7.47. The van der Waals surface area contributed by atoms with Crippen molar-refractivity contribution in [2.45, 2.75) is 58.1 Å². The molecule has 0 radical (unpaired) electrons. The molecule has 1 nitrogen and oxygen atoms in total. The van der Waals surface area contributed by atoms with Crippen LogP contribution in [-0.4, -0.2) is 19.8 Å². The lowest BCUT2D eigenvalue weighted by Crippen LogP contribution is -2.67. The van der Waals surface area contributed by atoms with E-state index in [0.717, 1.165) is 24.6 Å². The summed E-state index contributed by atoms with van der Waals surface area (Å²) in [4.78, 5) is 0. The number of benzene rings is 2. The lowest BCUT2D eigenvalue weighted by atomic mass is 10.2. The number of alkyl halides is 1. The van der Waals surface area contributed by atoms with Crippen molar-refractivity contribution in [3.63, 3.8) is 0 Å². The van der Waals surface area contributed by atoms with Gasteiger partial charge >= 0.3 is 0 Å². The summed E-state index contributed by atoms with van der Waals surface area (Å²) >= 11 is 3.63. The number of hydrogen-bond acceptors (Lipinski definition) is 1. The van der Waals surface area contributed by atoms with Crippen LogP contribution >= 0.6 is 15.9 Å². The molecule has 0 aromatic heterocycles. The molecular formula is C22H31BrOSi. The Morgan fingerprint density at radius 1 is 0.880 bits per heavy atom. The summed E-state index contributed by atoms with van der Waals surface area (Å²) in [6.45, 7) is 9.28. The van der Waals surface area contributed by atoms with E-state index in [9.17, 15) is 0 Å². The maximum Gasteiger partial charge on any atom is 0.261 e. The quantitative estimate of drug-likeness (QED) is 0.405. The summed E-state index contributed by atoms with van der Waals surface area (Å²) in [6.07, 6.45) is 3.60. The fourth-order valence-corrected chi connectivity index (χ4v) is 8.91. The molecule has 0 aliphatic rings. The molecule has 0 aliphatic carbocycles. The third-order valence-electron chi connectivity index (χ3n) is 4.80. The Morgan fingerprint density at radius 3 is 1.72 bits per heavy atom. The number of rotatable bonds is 8. The van der Waals surface area contributed by atoms with E-state index in [1.54, 1.807) is 0 Å². The molecule has 0 bridgehead atoms. The lowest BCUT2D eigenvalue weighted by Gasteiger charge is -2.45. The standard InChI is InChI=1S/C22H31BrOSi/c1-5-12-19(17-18-23)24-25(22(2,3)4,20-13-8-6-9-14-20)21-15-10-7-11-16-21/h6-11,13-16,19H,5,12,17-18H2,1-4H3/t19-/m1/s1. The largest absolute Gasteiger partial charge is 0.404 e. The molecule has 0 saturated heterocycles. The van der Waals surface area contributed by atoms with Crippen LogP contribution in [0.15, 0.2) is 60.7 Å². The van der Waals surface area contributed by atoms with Gasteiger partial charge in [0, 0.05) is 11.4 Å². The SMILES string of the molecule is CCC[C@H](CCBr)O[Si](c1ccccc1)(c1ccccc1)C(C)(C)C. The Bertz CT molecular complexity index is 576. The normalized spacial score (nSPS) is 13.6. The molecule has 0 unspecified atom stereocenters. The first kappa shape index (κ1) is 20.4. The molecule has 0 amide bonds. The van der Waals surface area contributed by atoms with E-state index in [4.69, 9.17) is 4.43 Å². The first-order chi connectivity index (χ1) is 12.0. The summed E-state index contributed by atoms with van der Waals surface area (Å²) < 4.78 is 7.16. The molecule has 0 heterocycles. The van der Waals surface area contributed by atoms with Crippen molar-refractivity contribution in [1.82, 2.24) is 0 Å². The van der Waals surface area contributed by atoms with Crippen molar-refractivity contribution in [2.24, 2.45) is 0 Å². The molecule has 2 rings (SSSR count). The van der Waals surface area contributed by atoms with E-state index in [-0.39, 0.29) is 11.1 Å². The molecule has 1 atom stereocenters. The van der Waals surface area contributed by atoms with Crippen LogP contribution in [-0.2, 0) is 4.43 Å². The van der Waals surface area contributed by atoms with Gasteiger partial charge in [0.05, 0.1) is 0 Å². The first-order valence-electron chi connectivity index (χ1n) is 9.30. The molecule has 3 heteroatoms. The van der Waals surface area contributed by atoms with Crippen LogP contribution in [0.1, 0.15) is 47.0 Å². The molecule has 0 aliphatic heterocycles. The van der Waals surface area contributed by atoms with Crippen LogP contribution in [0, 0.1) is 0 Å². The van der Waals surface area contributed by atoms with Crippen LogP contribution in [0.5, 0.6) is 0 Å². The van der Waals surface area contributed by atoms with Gasteiger partial charge in [-0.2, -0.15) is 0 Å². The molecule has 136 valence electrons. The third-order valence-corrected chi connectivity index (χ3v) is 10.4. The van der Waals surface area contributed by atoms with Crippen molar-refractivity contribution in [3.05, 3.63) is 60.7 Å². The highest BCUT2D eigenvalue weighted by Crippen LogP contribution is 2.38. The van der Waals surface area contributed by atoms with Gasteiger partial charge in [-0.3, -0.25) is 0 Å². The van der Waals surface area contributed by atoms with Crippen LogP contribution in [0.3, 0.4) is 0 Å². The average Bonchev–Trinajstić information content (AvgIpc) is 2.60. The van der Waals surface area contributed by atoms with Crippen LogP contribution in [0.2, 0.25) is 5.04 Å². The van der Waals surface area contributed by atoms with E-state index < -0.39 is 8.32 Å². The maximum absolute atomic E-state index is 7.16. The minimum atomic E-state index is -2.41. The van der Waals surface area contributed by atoms with Gasteiger partial charge in [-0.15, -0.1) is 0 Å². The minimum absolute atomic E-state index is 0.0496. The summed E-state index contributed by atoms with van der Waals surface area (Å²) in [5.74, 6) is 0. The van der Waals surface area contributed by atoms with Crippen molar-refractivity contribution in [3.8, 4) is 0 Å². The topological polar surface area (TPSA) is 9.23 Å². The Labute approximate surface area is 163 Å². The minimum Gasteiger partial charge on any atom is -0.404 e. The third kappa shape index (κ3) is 4.63. The molecule has 0 saturated carbocycles. The molecule has 25 heavy (non-hydrogen) atoms. The predicted molar refractivity (Wildman–Crippen MR) is 116 cm³/mol. The van der Waals surface area contributed by atoms with Gasteiger partial charge < -0.3 is 4.43 Å². The van der Waals surface area contributed by atoms with Gasteiger partial charge in [-0.1, -0.05) is 111 Å². The highest BCUT2D eigenvalue weighted by molar-refractivity contribution is 9.09. The molecule has 0 fully saturated rings. The van der Waals surface area contributed by atoms with Gasteiger partial charge in [-0.25, -0.2) is 0 Å². The monoisotopic (exact) mass is 418 g/mol. The zero-order valence-corrected chi connectivity index (χ0v) is 18.6. The molecule has 2 aromatic rings. The van der Waals surface area contributed by atoms with Crippen LogP contribution in [0.4, 0.5) is 0 Å². The zero-order chi connectivity index (χ0) is 18.3. The van der Waals surface area contributed by atoms with Crippen LogP contribution in [0.25, 0.3) is 0 Å². The van der Waals surface area contributed by atoms with Crippen molar-refractivity contribution in [1.29, 1.82) is 0 Å². The van der Waals surface area contributed by atoms with Crippen molar-refractivity contribution in [2.75, 3.05) is 5.33 Å². The van der Waals surface area contributed by atoms with Gasteiger partial charge in [-0.05, 0) is 28.3 Å². The summed E-state index contributed by atoms with van der Waals surface area (Å²) in [5, 5.41) is 3.76. The molecule has 2 aromatic carbocycles. The smallest absolute Gasteiger partial charge is 0.261 e. The van der Waals surface area contributed by atoms with Crippen molar-refractivity contribution >= 4 is 34.6 Å². The lowest BCUT2D eigenvalue weighted by molar-refractivity contribution is 0.173. The zero-order valence-electron chi connectivity index (χ0n) is 16.0. The first-order valence-corrected chi connectivity index (χ1v) is 12.3. The van der Waals surface area contributed by atoms with E-state index in [0.29, 0.717) is 0 Å².